The maximum atomic E-state index is 14.1. The molecule has 1 fully saturated rings. The lowest BCUT2D eigenvalue weighted by Crippen LogP contribution is -2.47. The Balaban J connectivity index is 1.38. The third-order valence-corrected chi connectivity index (χ3v) is 6.94. The van der Waals surface area contributed by atoms with E-state index in [0.29, 0.717) is 23.8 Å². The summed E-state index contributed by atoms with van der Waals surface area (Å²) >= 11 is 0. The van der Waals surface area contributed by atoms with Crippen molar-refractivity contribution in [3.63, 3.8) is 0 Å². The highest BCUT2D eigenvalue weighted by Gasteiger charge is 2.18. The highest BCUT2D eigenvalue weighted by molar-refractivity contribution is 5.96. The highest BCUT2D eigenvalue weighted by Crippen LogP contribution is 2.36. The van der Waals surface area contributed by atoms with Crippen LogP contribution in [0, 0.1) is 12.7 Å². The van der Waals surface area contributed by atoms with Crippen molar-refractivity contribution in [1.29, 1.82) is 0 Å². The van der Waals surface area contributed by atoms with Crippen molar-refractivity contribution in [1.82, 2.24) is 19.8 Å². The number of hydrogen-bond donors (Lipinski definition) is 2. The zero-order valence-corrected chi connectivity index (χ0v) is 23.4. The SMILES string of the molecule is Cc1ccc(Nc2ncc3cccc(-c4ccc(F)cc4OC(C)C)c3n2)cc1NC(=O)CN1CCN(C)CC1. The molecule has 208 valence electrons. The van der Waals surface area contributed by atoms with Crippen LogP contribution >= 0.6 is 0 Å². The molecule has 8 nitrogen and oxygen atoms in total. The van der Waals surface area contributed by atoms with Gasteiger partial charge in [0.2, 0.25) is 11.9 Å². The van der Waals surface area contributed by atoms with Crippen molar-refractivity contribution in [2.45, 2.75) is 26.9 Å². The maximum Gasteiger partial charge on any atom is 0.238 e. The van der Waals surface area contributed by atoms with E-state index in [0.717, 1.165) is 59.6 Å². The summed E-state index contributed by atoms with van der Waals surface area (Å²) in [7, 11) is 2.10. The molecule has 0 aliphatic carbocycles. The number of nitrogens with zero attached hydrogens (tertiary/aromatic N) is 4. The number of anilines is 3. The van der Waals surface area contributed by atoms with E-state index in [1.165, 1.54) is 12.1 Å². The molecule has 5 rings (SSSR count). The van der Waals surface area contributed by atoms with Crippen LogP contribution in [0.2, 0.25) is 0 Å². The first-order chi connectivity index (χ1) is 19.2. The van der Waals surface area contributed by atoms with Crippen LogP contribution in [-0.4, -0.2) is 71.6 Å². The van der Waals surface area contributed by atoms with Gasteiger partial charge in [-0.2, -0.15) is 0 Å². The molecule has 1 aliphatic rings. The lowest BCUT2D eigenvalue weighted by molar-refractivity contribution is -0.117. The normalized spacial score (nSPS) is 14.4. The number of likely N-dealkylation sites (N-methyl/N-ethyl adjacent to an activating group) is 1. The molecular weight excluding hydrogens is 507 g/mol. The van der Waals surface area contributed by atoms with Gasteiger partial charge in [-0.3, -0.25) is 9.69 Å². The van der Waals surface area contributed by atoms with Gasteiger partial charge in [0.15, 0.2) is 0 Å². The third-order valence-electron chi connectivity index (χ3n) is 6.94. The highest BCUT2D eigenvalue weighted by atomic mass is 19.1. The number of rotatable bonds is 8. The zero-order chi connectivity index (χ0) is 28.2. The van der Waals surface area contributed by atoms with Gasteiger partial charge in [-0.25, -0.2) is 14.4 Å². The number of aromatic nitrogens is 2. The Morgan fingerprint density at radius 1 is 1.05 bits per heavy atom. The average Bonchev–Trinajstić information content (AvgIpc) is 2.91. The zero-order valence-electron chi connectivity index (χ0n) is 23.4. The van der Waals surface area contributed by atoms with E-state index in [2.05, 4.69) is 32.5 Å². The molecule has 0 radical (unpaired) electrons. The fraction of sp³-hybridized carbons (Fsp3) is 0.323. The first-order valence-corrected chi connectivity index (χ1v) is 13.6. The number of nitrogens with one attached hydrogen (secondary N) is 2. The summed E-state index contributed by atoms with van der Waals surface area (Å²) in [5.41, 5.74) is 4.75. The van der Waals surface area contributed by atoms with Gasteiger partial charge in [0.1, 0.15) is 11.6 Å². The number of hydrogen-bond acceptors (Lipinski definition) is 7. The molecule has 4 aromatic rings. The molecule has 0 bridgehead atoms. The average molecular weight is 543 g/mol. The van der Waals surface area contributed by atoms with Crippen molar-refractivity contribution in [2.75, 3.05) is 50.4 Å². The maximum absolute atomic E-state index is 14.1. The van der Waals surface area contributed by atoms with Gasteiger partial charge >= 0.3 is 0 Å². The summed E-state index contributed by atoms with van der Waals surface area (Å²) < 4.78 is 20.0. The molecule has 1 aliphatic heterocycles. The van der Waals surface area contributed by atoms with Crippen LogP contribution in [-0.2, 0) is 4.79 Å². The van der Waals surface area contributed by atoms with Crippen LogP contribution in [0.5, 0.6) is 5.75 Å². The van der Waals surface area contributed by atoms with Crippen LogP contribution in [0.15, 0.2) is 60.8 Å². The van der Waals surface area contributed by atoms with E-state index >= 15 is 0 Å². The molecule has 0 spiro atoms. The summed E-state index contributed by atoms with van der Waals surface area (Å²) in [4.78, 5) is 26.5. The van der Waals surface area contributed by atoms with Crippen molar-refractivity contribution in [2.24, 2.45) is 0 Å². The molecule has 0 atom stereocenters. The van der Waals surface area contributed by atoms with Gasteiger partial charge in [-0.05, 0) is 57.6 Å². The van der Waals surface area contributed by atoms with E-state index in [4.69, 9.17) is 9.72 Å². The van der Waals surface area contributed by atoms with Crippen molar-refractivity contribution in [3.05, 3.63) is 72.2 Å². The number of para-hydroxylation sites is 1. The summed E-state index contributed by atoms with van der Waals surface area (Å²) in [6.07, 6.45) is 1.65. The van der Waals surface area contributed by atoms with Gasteiger partial charge < -0.3 is 20.3 Å². The van der Waals surface area contributed by atoms with Crippen molar-refractivity contribution >= 4 is 34.1 Å². The quantitative estimate of drug-likeness (QED) is 0.306. The summed E-state index contributed by atoms with van der Waals surface area (Å²) in [6.45, 7) is 9.85. The minimum absolute atomic E-state index is 0.0323. The number of piperazine rings is 1. The lowest BCUT2D eigenvalue weighted by atomic mass is 10.0. The number of aryl methyl sites for hydroxylation is 1. The number of benzene rings is 3. The van der Waals surface area contributed by atoms with E-state index in [1.807, 2.05) is 57.2 Å². The topological polar surface area (TPSA) is 82.6 Å². The molecular formula is C31H35FN6O2. The van der Waals surface area contributed by atoms with Crippen LogP contribution in [0.1, 0.15) is 19.4 Å². The van der Waals surface area contributed by atoms with Crippen molar-refractivity contribution < 1.29 is 13.9 Å². The second-order valence-corrected chi connectivity index (χ2v) is 10.5. The Bertz CT molecular complexity index is 1520. The second kappa shape index (κ2) is 12.0. The van der Waals surface area contributed by atoms with Crippen LogP contribution in [0.25, 0.3) is 22.0 Å². The Labute approximate surface area is 234 Å². The second-order valence-electron chi connectivity index (χ2n) is 10.5. The van der Waals surface area contributed by atoms with Crippen molar-refractivity contribution in [3.8, 4) is 16.9 Å². The monoisotopic (exact) mass is 542 g/mol. The number of carbonyl (C=O) groups excluding carboxylic acids is 1. The molecule has 40 heavy (non-hydrogen) atoms. The van der Waals surface area contributed by atoms with Crippen LogP contribution in [0.3, 0.4) is 0 Å². The van der Waals surface area contributed by atoms with Crippen LogP contribution in [0.4, 0.5) is 21.7 Å². The van der Waals surface area contributed by atoms with E-state index < -0.39 is 0 Å². The Hall–Kier alpha value is -4.08. The molecule has 1 amide bonds. The largest absolute Gasteiger partial charge is 0.490 e. The smallest absolute Gasteiger partial charge is 0.238 e. The lowest BCUT2D eigenvalue weighted by Gasteiger charge is -2.31. The number of carbonyl (C=O) groups is 1. The fourth-order valence-corrected chi connectivity index (χ4v) is 4.77. The molecule has 0 unspecified atom stereocenters. The van der Waals surface area contributed by atoms with Gasteiger partial charge in [0.05, 0.1) is 18.2 Å². The van der Waals surface area contributed by atoms with Gasteiger partial charge in [-0.15, -0.1) is 0 Å². The fourth-order valence-electron chi connectivity index (χ4n) is 4.77. The Morgan fingerprint density at radius 2 is 1.85 bits per heavy atom. The first kappa shape index (κ1) is 27.5. The minimum atomic E-state index is -0.359. The molecule has 2 heterocycles. The molecule has 2 N–H and O–H groups in total. The van der Waals surface area contributed by atoms with Crippen LogP contribution < -0.4 is 15.4 Å². The van der Waals surface area contributed by atoms with E-state index in [9.17, 15) is 9.18 Å². The van der Waals surface area contributed by atoms with Gasteiger partial charge in [0.25, 0.3) is 0 Å². The first-order valence-electron chi connectivity index (χ1n) is 13.6. The number of halogens is 1. The Kier molecular flexibility index (Phi) is 8.23. The third kappa shape index (κ3) is 6.55. The summed E-state index contributed by atoms with van der Waals surface area (Å²) in [6, 6.07) is 16.1. The minimum Gasteiger partial charge on any atom is -0.490 e. The molecule has 9 heteroatoms. The molecule has 3 aromatic carbocycles. The Morgan fingerprint density at radius 3 is 2.62 bits per heavy atom. The summed E-state index contributed by atoms with van der Waals surface area (Å²) in [5, 5.41) is 7.19. The predicted molar refractivity (Wildman–Crippen MR) is 158 cm³/mol. The molecule has 0 saturated carbocycles. The number of amides is 1. The van der Waals surface area contributed by atoms with E-state index in [-0.39, 0.29) is 17.8 Å². The standard InChI is InChI=1S/C31H35FN6O2/c1-20(2)40-28-16-23(32)9-11-25(28)26-7-5-6-22-18-33-31(36-30(22)26)34-24-10-8-21(3)27(17-24)35-29(39)19-38-14-12-37(4)13-15-38/h5-11,16-18,20H,12-15,19H2,1-4H3,(H,35,39)(H,33,34,36). The summed E-state index contributed by atoms with van der Waals surface area (Å²) in [5.74, 6) is 0.482. The molecule has 1 aromatic heterocycles. The van der Waals surface area contributed by atoms with Gasteiger partial charge in [-0.1, -0.05) is 24.3 Å². The number of ether oxygens (including phenoxy) is 1. The predicted octanol–water partition coefficient (Wildman–Crippen LogP) is 5.46. The molecule has 1 saturated heterocycles. The number of fused-ring (bicyclic) bond motifs is 1. The van der Waals surface area contributed by atoms with Gasteiger partial charge in [0, 0.05) is 66.3 Å². The van der Waals surface area contributed by atoms with E-state index in [1.54, 1.807) is 12.3 Å².